The molecule has 1 saturated heterocycles. The van der Waals surface area contributed by atoms with Crippen molar-refractivity contribution in [1.29, 1.82) is 0 Å². The number of rotatable bonds is 6. The first-order valence-corrected chi connectivity index (χ1v) is 12.1. The Morgan fingerprint density at radius 3 is 2.44 bits per heavy atom. The van der Waals surface area contributed by atoms with E-state index in [1.165, 1.54) is 12.1 Å². The van der Waals surface area contributed by atoms with Crippen molar-refractivity contribution in [1.82, 2.24) is 5.01 Å². The van der Waals surface area contributed by atoms with Crippen molar-refractivity contribution >= 4 is 52.2 Å². The van der Waals surface area contributed by atoms with Gasteiger partial charge in [0.05, 0.1) is 16.6 Å². The van der Waals surface area contributed by atoms with Gasteiger partial charge in [-0.05, 0) is 66.4 Å². The number of halogens is 3. The normalized spacial score (nSPS) is 16.4. The maximum Gasteiger partial charge on any atom is 0.230 e. The van der Waals surface area contributed by atoms with E-state index in [9.17, 15) is 9.18 Å². The SMILES string of the molecule is CSc1ccc(NC(=O)C2CN(Cc3ccc(F)cc3)N(c3ccc(Cl)cc3Cl)C2)cc1. The van der Waals surface area contributed by atoms with Crippen LogP contribution in [0.15, 0.2) is 71.6 Å². The molecular formula is C24H22Cl2FN3OS. The second kappa shape index (κ2) is 10.1. The number of nitrogens with zero attached hydrogens (tertiary/aromatic N) is 2. The number of hydrogen-bond acceptors (Lipinski definition) is 4. The van der Waals surface area contributed by atoms with Crippen LogP contribution in [-0.2, 0) is 11.3 Å². The number of nitrogens with one attached hydrogen (secondary N) is 1. The molecule has 0 spiro atoms. The Bertz CT molecular complexity index is 1100. The maximum absolute atomic E-state index is 13.3. The topological polar surface area (TPSA) is 35.6 Å². The summed E-state index contributed by atoms with van der Waals surface area (Å²) in [6.07, 6.45) is 2.01. The third-order valence-electron chi connectivity index (χ3n) is 5.36. The lowest BCUT2D eigenvalue weighted by Gasteiger charge is -2.30. The quantitative estimate of drug-likeness (QED) is 0.409. The Kier molecular flexibility index (Phi) is 7.26. The molecule has 32 heavy (non-hydrogen) atoms. The molecule has 0 saturated carbocycles. The largest absolute Gasteiger partial charge is 0.326 e. The molecule has 8 heteroatoms. The molecule has 3 aromatic rings. The van der Waals surface area contributed by atoms with E-state index < -0.39 is 0 Å². The summed E-state index contributed by atoms with van der Waals surface area (Å²) in [6, 6.07) is 19.5. The number of benzene rings is 3. The van der Waals surface area contributed by atoms with Crippen molar-refractivity contribution in [2.45, 2.75) is 11.4 Å². The van der Waals surface area contributed by atoms with Crippen LogP contribution in [0.1, 0.15) is 5.56 Å². The lowest BCUT2D eigenvalue weighted by atomic mass is 10.1. The van der Waals surface area contributed by atoms with Gasteiger partial charge in [0.15, 0.2) is 0 Å². The van der Waals surface area contributed by atoms with Gasteiger partial charge >= 0.3 is 0 Å². The van der Waals surface area contributed by atoms with Crippen molar-refractivity contribution in [3.05, 3.63) is 88.2 Å². The molecule has 4 rings (SSSR count). The first kappa shape index (κ1) is 22.9. The van der Waals surface area contributed by atoms with E-state index in [2.05, 4.69) is 10.3 Å². The van der Waals surface area contributed by atoms with Crippen molar-refractivity contribution in [2.24, 2.45) is 5.92 Å². The highest BCUT2D eigenvalue weighted by molar-refractivity contribution is 7.98. The predicted octanol–water partition coefficient (Wildman–Crippen LogP) is 6.35. The third-order valence-corrected chi connectivity index (χ3v) is 6.64. The van der Waals surface area contributed by atoms with Gasteiger partial charge < -0.3 is 10.3 Å². The molecule has 0 radical (unpaired) electrons. The molecule has 1 heterocycles. The van der Waals surface area contributed by atoms with Crippen LogP contribution in [0.25, 0.3) is 0 Å². The van der Waals surface area contributed by atoms with Crippen molar-refractivity contribution < 1.29 is 9.18 Å². The number of anilines is 2. The Morgan fingerprint density at radius 2 is 1.78 bits per heavy atom. The number of hydrazine groups is 1. The van der Waals surface area contributed by atoms with Gasteiger partial charge in [0.2, 0.25) is 5.91 Å². The van der Waals surface area contributed by atoms with Crippen molar-refractivity contribution in [2.75, 3.05) is 29.7 Å². The summed E-state index contributed by atoms with van der Waals surface area (Å²) in [7, 11) is 0. The zero-order valence-electron chi connectivity index (χ0n) is 17.4. The molecular weight excluding hydrogens is 468 g/mol. The molecule has 1 unspecified atom stereocenters. The number of hydrogen-bond donors (Lipinski definition) is 1. The van der Waals surface area contributed by atoms with Crippen LogP contribution in [-0.4, -0.2) is 30.3 Å². The zero-order chi connectivity index (χ0) is 22.7. The Balaban J connectivity index is 1.55. The molecule has 0 aliphatic carbocycles. The summed E-state index contributed by atoms with van der Waals surface area (Å²) in [5.41, 5.74) is 2.48. The molecule has 1 amide bonds. The fraction of sp³-hybridized carbons (Fsp3) is 0.208. The highest BCUT2D eigenvalue weighted by atomic mass is 35.5. The first-order chi connectivity index (χ1) is 15.4. The lowest BCUT2D eigenvalue weighted by molar-refractivity contribution is -0.119. The van der Waals surface area contributed by atoms with Gasteiger partial charge in [-0.25, -0.2) is 9.40 Å². The van der Waals surface area contributed by atoms with Gasteiger partial charge in [-0.1, -0.05) is 35.3 Å². The van der Waals surface area contributed by atoms with Gasteiger partial charge in [0.25, 0.3) is 0 Å². The highest BCUT2D eigenvalue weighted by Gasteiger charge is 2.35. The summed E-state index contributed by atoms with van der Waals surface area (Å²) in [4.78, 5) is 14.2. The van der Waals surface area contributed by atoms with Crippen molar-refractivity contribution in [3.63, 3.8) is 0 Å². The number of carbonyl (C=O) groups is 1. The second-order valence-electron chi connectivity index (χ2n) is 7.57. The van der Waals surface area contributed by atoms with Crippen LogP contribution < -0.4 is 10.3 Å². The van der Waals surface area contributed by atoms with Crippen LogP contribution in [0.5, 0.6) is 0 Å². The minimum Gasteiger partial charge on any atom is -0.326 e. The lowest BCUT2D eigenvalue weighted by Crippen LogP contribution is -2.36. The number of amides is 1. The van der Waals surface area contributed by atoms with E-state index in [0.717, 1.165) is 21.8 Å². The fourth-order valence-electron chi connectivity index (χ4n) is 3.71. The highest BCUT2D eigenvalue weighted by Crippen LogP contribution is 2.34. The van der Waals surface area contributed by atoms with E-state index in [1.807, 2.05) is 41.6 Å². The molecule has 4 nitrogen and oxygen atoms in total. The minimum atomic E-state index is -0.280. The zero-order valence-corrected chi connectivity index (χ0v) is 19.7. The summed E-state index contributed by atoms with van der Waals surface area (Å²) in [5, 5.41) is 8.14. The smallest absolute Gasteiger partial charge is 0.230 e. The van der Waals surface area contributed by atoms with Crippen LogP contribution >= 0.6 is 35.0 Å². The molecule has 1 aliphatic heterocycles. The molecule has 1 atom stereocenters. The second-order valence-corrected chi connectivity index (χ2v) is 9.29. The van der Waals surface area contributed by atoms with E-state index in [4.69, 9.17) is 23.2 Å². The average Bonchev–Trinajstić information content (AvgIpc) is 3.19. The fourth-order valence-corrected chi connectivity index (χ4v) is 4.63. The van der Waals surface area contributed by atoms with E-state index >= 15 is 0 Å². The van der Waals surface area contributed by atoms with Crippen LogP contribution in [0, 0.1) is 11.7 Å². The molecule has 3 aromatic carbocycles. The first-order valence-electron chi connectivity index (χ1n) is 10.1. The molecule has 1 fully saturated rings. The summed E-state index contributed by atoms with van der Waals surface area (Å²) >= 11 is 14.2. The van der Waals surface area contributed by atoms with Gasteiger partial charge in [-0.3, -0.25) is 4.79 Å². The Labute approximate surface area is 201 Å². The summed E-state index contributed by atoms with van der Waals surface area (Å²) in [5.74, 6) is -0.612. The molecule has 1 aliphatic rings. The van der Waals surface area contributed by atoms with Gasteiger partial charge in [0, 0.05) is 35.2 Å². The number of carbonyl (C=O) groups excluding carboxylic acids is 1. The van der Waals surface area contributed by atoms with E-state index in [-0.39, 0.29) is 17.6 Å². The van der Waals surface area contributed by atoms with E-state index in [0.29, 0.717) is 29.7 Å². The molecule has 0 aromatic heterocycles. The molecule has 166 valence electrons. The van der Waals surface area contributed by atoms with E-state index in [1.54, 1.807) is 36.0 Å². The van der Waals surface area contributed by atoms with Crippen LogP contribution in [0.3, 0.4) is 0 Å². The van der Waals surface area contributed by atoms with Gasteiger partial charge in [0.1, 0.15) is 5.82 Å². The predicted molar refractivity (Wildman–Crippen MR) is 131 cm³/mol. The standard InChI is InChI=1S/C24H22Cl2FN3OS/c1-32-21-9-7-20(8-10-21)28-24(31)17-14-29(13-16-2-5-19(27)6-3-16)30(15-17)23-11-4-18(25)12-22(23)26/h2-12,17H,13-15H2,1H3,(H,28,31). The molecule has 1 N–H and O–H groups in total. The monoisotopic (exact) mass is 489 g/mol. The van der Waals surface area contributed by atoms with Crippen LogP contribution in [0.4, 0.5) is 15.8 Å². The van der Waals surface area contributed by atoms with Crippen LogP contribution in [0.2, 0.25) is 10.0 Å². The molecule has 0 bridgehead atoms. The Hall–Kier alpha value is -2.25. The average molecular weight is 490 g/mol. The number of thioether (sulfide) groups is 1. The third kappa shape index (κ3) is 5.38. The Morgan fingerprint density at radius 1 is 1.06 bits per heavy atom. The minimum absolute atomic E-state index is 0.0569. The van der Waals surface area contributed by atoms with Crippen molar-refractivity contribution in [3.8, 4) is 0 Å². The van der Waals surface area contributed by atoms with Gasteiger partial charge in [-0.2, -0.15) is 0 Å². The summed E-state index contributed by atoms with van der Waals surface area (Å²) < 4.78 is 13.3. The maximum atomic E-state index is 13.3. The van der Waals surface area contributed by atoms with Gasteiger partial charge in [-0.15, -0.1) is 11.8 Å². The summed E-state index contributed by atoms with van der Waals surface area (Å²) in [6.45, 7) is 1.49.